The molecule has 4 nitrogen and oxygen atoms in total. The molecule has 3 rings (SSSR count). The maximum absolute atomic E-state index is 13.7. The molecule has 3 atom stereocenters. The Labute approximate surface area is 205 Å². The molecule has 1 saturated heterocycles. The molecule has 1 aliphatic heterocycles. The normalized spacial score (nSPS) is 19.8. The molecule has 0 aliphatic carbocycles. The fourth-order valence-corrected chi connectivity index (χ4v) is 4.58. The van der Waals surface area contributed by atoms with Gasteiger partial charge in [-0.3, -0.25) is 0 Å². The Kier molecular flexibility index (Phi) is 7.92. The van der Waals surface area contributed by atoms with E-state index in [0.29, 0.717) is 37.1 Å². The molecule has 2 aromatic rings. The van der Waals surface area contributed by atoms with Crippen LogP contribution >= 0.6 is 0 Å². The van der Waals surface area contributed by atoms with Crippen molar-refractivity contribution in [3.05, 3.63) is 70.0 Å². The van der Waals surface area contributed by atoms with Crippen molar-refractivity contribution >= 4 is 6.03 Å². The minimum atomic E-state index is -4.99. The molecular weight excluding hydrogens is 491 g/mol. The van der Waals surface area contributed by atoms with E-state index in [-0.39, 0.29) is 17.7 Å². The Hall–Kier alpha value is -2.82. The van der Waals surface area contributed by atoms with Gasteiger partial charge < -0.3 is 15.1 Å². The van der Waals surface area contributed by atoms with Gasteiger partial charge in [-0.1, -0.05) is 6.07 Å². The van der Waals surface area contributed by atoms with Gasteiger partial charge in [-0.15, -0.1) is 0 Å². The van der Waals surface area contributed by atoms with Crippen molar-refractivity contribution in [1.82, 2.24) is 15.1 Å². The quantitative estimate of drug-likeness (QED) is 0.456. The summed E-state index contributed by atoms with van der Waals surface area (Å²) in [7, 11) is 3.13. The third-order valence-corrected chi connectivity index (χ3v) is 6.82. The van der Waals surface area contributed by atoms with Crippen molar-refractivity contribution < 1.29 is 35.5 Å². The molecule has 2 aromatic carbocycles. The third kappa shape index (κ3) is 5.93. The first-order valence-corrected chi connectivity index (χ1v) is 11.4. The minimum absolute atomic E-state index is 0.0634. The second kappa shape index (κ2) is 10.3. The number of amides is 2. The SMILES string of the molecule is CN[C@@H]1CCN(C(=O)N(C)[C@H](C)c2cc(C(F)(F)F)cc(C(F)(F)F)c2)[C@@H](c2ccc(F)cc2C)C1. The van der Waals surface area contributed by atoms with E-state index in [1.165, 1.54) is 26.1 Å². The van der Waals surface area contributed by atoms with Crippen LogP contribution in [-0.4, -0.2) is 42.5 Å². The van der Waals surface area contributed by atoms with Crippen LogP contribution in [0.15, 0.2) is 36.4 Å². The van der Waals surface area contributed by atoms with Crippen LogP contribution < -0.4 is 5.32 Å². The number of urea groups is 1. The van der Waals surface area contributed by atoms with Gasteiger partial charge in [0.2, 0.25) is 0 Å². The van der Waals surface area contributed by atoms with E-state index in [1.807, 2.05) is 0 Å². The van der Waals surface area contributed by atoms with Crippen LogP contribution in [-0.2, 0) is 12.4 Å². The number of aryl methyl sites for hydroxylation is 1. The number of hydrogen-bond acceptors (Lipinski definition) is 2. The molecule has 0 spiro atoms. The molecule has 0 saturated carbocycles. The van der Waals surface area contributed by atoms with E-state index >= 15 is 0 Å². The van der Waals surface area contributed by atoms with E-state index in [9.17, 15) is 35.5 Å². The summed E-state index contributed by atoms with van der Waals surface area (Å²) in [5.74, 6) is -0.425. The number of rotatable bonds is 4. The highest BCUT2D eigenvalue weighted by molar-refractivity contribution is 5.75. The summed E-state index contributed by atoms with van der Waals surface area (Å²) in [6.07, 6.45) is -8.86. The van der Waals surface area contributed by atoms with E-state index in [0.717, 1.165) is 10.5 Å². The van der Waals surface area contributed by atoms with Gasteiger partial charge in [-0.2, -0.15) is 26.3 Å². The third-order valence-electron chi connectivity index (χ3n) is 6.82. The maximum Gasteiger partial charge on any atom is 0.416 e. The van der Waals surface area contributed by atoms with Crippen LogP contribution in [0.3, 0.4) is 0 Å². The summed E-state index contributed by atoms with van der Waals surface area (Å²) in [5.41, 5.74) is -1.79. The van der Waals surface area contributed by atoms with Crippen molar-refractivity contribution in [3.8, 4) is 0 Å². The molecular formula is C25H28F7N3O. The maximum atomic E-state index is 13.7. The Morgan fingerprint density at radius 1 is 1.06 bits per heavy atom. The standard InChI is InChI=1S/C25H28F7N3O/c1-14-9-19(26)5-6-21(14)22-13-20(33-3)7-8-35(22)23(36)34(4)15(2)16-10-17(24(27,28)29)12-18(11-16)25(30,31)32/h5-6,9-12,15,20,22,33H,7-8,13H2,1-4H3/t15-,20-,22-/m1/s1. The number of carbonyl (C=O) groups is 1. The van der Waals surface area contributed by atoms with Crippen LogP contribution in [0.2, 0.25) is 0 Å². The smallest absolute Gasteiger partial charge is 0.321 e. The highest BCUT2D eigenvalue weighted by Gasteiger charge is 2.39. The minimum Gasteiger partial charge on any atom is -0.321 e. The summed E-state index contributed by atoms with van der Waals surface area (Å²) < 4.78 is 93.7. The van der Waals surface area contributed by atoms with Crippen LogP contribution in [0.4, 0.5) is 35.5 Å². The molecule has 1 heterocycles. The fraction of sp³-hybridized carbons (Fsp3) is 0.480. The Balaban J connectivity index is 1.96. The van der Waals surface area contributed by atoms with Crippen molar-refractivity contribution in [2.24, 2.45) is 0 Å². The van der Waals surface area contributed by atoms with Gasteiger partial charge in [0.05, 0.1) is 23.2 Å². The largest absolute Gasteiger partial charge is 0.416 e. The van der Waals surface area contributed by atoms with Crippen molar-refractivity contribution in [2.75, 3.05) is 20.6 Å². The molecule has 11 heteroatoms. The summed E-state index contributed by atoms with van der Waals surface area (Å²) in [4.78, 5) is 16.2. The molecule has 1 fully saturated rings. The first kappa shape index (κ1) is 27.8. The molecule has 0 unspecified atom stereocenters. The lowest BCUT2D eigenvalue weighted by atomic mass is 9.89. The van der Waals surface area contributed by atoms with Gasteiger partial charge in [-0.05, 0) is 80.8 Å². The lowest BCUT2D eigenvalue weighted by Crippen LogP contribution is -2.50. The summed E-state index contributed by atoms with van der Waals surface area (Å²) >= 11 is 0. The lowest BCUT2D eigenvalue weighted by Gasteiger charge is -2.43. The summed E-state index contributed by atoms with van der Waals surface area (Å²) in [6, 6.07) is 3.57. The second-order valence-corrected chi connectivity index (χ2v) is 9.13. The van der Waals surface area contributed by atoms with Crippen molar-refractivity contribution in [3.63, 3.8) is 0 Å². The van der Waals surface area contributed by atoms with Gasteiger partial charge in [0.25, 0.3) is 0 Å². The number of likely N-dealkylation sites (tertiary alicyclic amines) is 1. The van der Waals surface area contributed by atoms with Gasteiger partial charge in [0.1, 0.15) is 5.82 Å². The number of piperidine rings is 1. The lowest BCUT2D eigenvalue weighted by molar-refractivity contribution is -0.143. The van der Waals surface area contributed by atoms with E-state index < -0.39 is 47.4 Å². The summed E-state index contributed by atoms with van der Waals surface area (Å²) in [5, 5.41) is 3.17. The van der Waals surface area contributed by atoms with Gasteiger partial charge in [0, 0.05) is 19.6 Å². The van der Waals surface area contributed by atoms with Crippen LogP contribution in [0.1, 0.15) is 59.7 Å². The van der Waals surface area contributed by atoms with Gasteiger partial charge in [0.15, 0.2) is 0 Å². The molecule has 1 N–H and O–H groups in total. The molecule has 1 aliphatic rings. The van der Waals surface area contributed by atoms with E-state index in [4.69, 9.17) is 0 Å². The van der Waals surface area contributed by atoms with Crippen molar-refractivity contribution in [2.45, 2.75) is 57.2 Å². The average Bonchev–Trinajstić information content (AvgIpc) is 2.81. The first-order valence-electron chi connectivity index (χ1n) is 11.4. The van der Waals surface area contributed by atoms with Crippen LogP contribution in [0.25, 0.3) is 0 Å². The predicted octanol–water partition coefficient (Wildman–Crippen LogP) is 6.71. The second-order valence-electron chi connectivity index (χ2n) is 9.13. The molecule has 0 radical (unpaired) electrons. The molecule has 2 amide bonds. The number of nitrogens with zero attached hydrogens (tertiary/aromatic N) is 2. The Bertz CT molecular complexity index is 1070. The van der Waals surface area contributed by atoms with Gasteiger partial charge in [-0.25, -0.2) is 9.18 Å². The molecule has 0 bridgehead atoms. The number of alkyl halides is 6. The van der Waals surface area contributed by atoms with Crippen molar-refractivity contribution in [1.29, 1.82) is 0 Å². The first-order chi connectivity index (χ1) is 16.6. The van der Waals surface area contributed by atoms with E-state index in [1.54, 1.807) is 24.9 Å². The summed E-state index contributed by atoms with van der Waals surface area (Å²) in [6.45, 7) is 3.41. The zero-order valence-electron chi connectivity index (χ0n) is 20.3. The average molecular weight is 520 g/mol. The molecule has 0 aromatic heterocycles. The predicted molar refractivity (Wildman–Crippen MR) is 121 cm³/mol. The van der Waals surface area contributed by atoms with Gasteiger partial charge >= 0.3 is 18.4 Å². The zero-order valence-corrected chi connectivity index (χ0v) is 20.3. The van der Waals surface area contributed by atoms with Crippen LogP contribution in [0, 0.1) is 12.7 Å². The number of nitrogens with one attached hydrogen (secondary N) is 1. The Morgan fingerprint density at radius 3 is 2.14 bits per heavy atom. The number of halogens is 7. The number of benzene rings is 2. The number of carbonyl (C=O) groups excluding carboxylic acids is 1. The zero-order chi connectivity index (χ0) is 27.0. The van der Waals surface area contributed by atoms with Crippen LogP contribution in [0.5, 0.6) is 0 Å². The molecule has 198 valence electrons. The van der Waals surface area contributed by atoms with E-state index in [2.05, 4.69) is 5.32 Å². The highest BCUT2D eigenvalue weighted by Crippen LogP contribution is 2.39. The number of hydrogen-bond donors (Lipinski definition) is 1. The molecule has 36 heavy (non-hydrogen) atoms. The monoisotopic (exact) mass is 519 g/mol. The Morgan fingerprint density at radius 2 is 1.64 bits per heavy atom. The topological polar surface area (TPSA) is 35.6 Å². The fourth-order valence-electron chi connectivity index (χ4n) is 4.58. The highest BCUT2D eigenvalue weighted by atomic mass is 19.4.